The van der Waals surface area contributed by atoms with E-state index in [2.05, 4.69) is 20.9 Å². The first kappa shape index (κ1) is 20.6. The van der Waals surface area contributed by atoms with Gasteiger partial charge in [-0.1, -0.05) is 28.1 Å². The highest BCUT2D eigenvalue weighted by molar-refractivity contribution is 9.10. The fourth-order valence-electron chi connectivity index (χ4n) is 2.64. The number of hydrogen-bond donors (Lipinski definition) is 0. The van der Waals surface area contributed by atoms with Crippen molar-refractivity contribution in [1.29, 1.82) is 0 Å². The molecule has 1 aliphatic heterocycles. The molecule has 0 N–H and O–H groups in total. The van der Waals surface area contributed by atoms with E-state index >= 15 is 0 Å². The molecule has 1 saturated heterocycles. The average molecular weight is 481 g/mol. The van der Waals surface area contributed by atoms with E-state index in [1.807, 2.05) is 24.3 Å². The van der Waals surface area contributed by atoms with Crippen LogP contribution in [0.4, 0.5) is 18.3 Å². The minimum atomic E-state index is -4.45. The van der Waals surface area contributed by atoms with Crippen molar-refractivity contribution in [2.75, 3.05) is 23.8 Å². The molecule has 0 bridgehead atoms. The predicted octanol–water partition coefficient (Wildman–Crippen LogP) is 5.34. The second-order valence-corrected chi connectivity index (χ2v) is 8.69. The van der Waals surface area contributed by atoms with Crippen molar-refractivity contribution < 1.29 is 22.7 Å². The Hall–Kier alpha value is -1.10. The number of rotatable bonds is 6. The van der Waals surface area contributed by atoms with Gasteiger partial charge >= 0.3 is 5.51 Å². The fraction of sp³-hybridized carbons (Fsp3) is 0.412. The monoisotopic (exact) mass is 480 g/mol. The Morgan fingerprint density at radius 2 is 2.11 bits per heavy atom. The van der Waals surface area contributed by atoms with Crippen LogP contribution in [0.5, 0.6) is 0 Å². The van der Waals surface area contributed by atoms with Crippen LogP contribution in [0.1, 0.15) is 12.8 Å². The highest BCUT2D eigenvalue weighted by atomic mass is 79.9. The summed E-state index contributed by atoms with van der Waals surface area (Å²) in [7, 11) is 0. The van der Waals surface area contributed by atoms with E-state index in [1.165, 1.54) is 16.2 Å². The van der Waals surface area contributed by atoms with E-state index in [0.29, 0.717) is 17.4 Å². The maximum atomic E-state index is 12.5. The van der Waals surface area contributed by atoms with Crippen LogP contribution in [0.25, 0.3) is 11.3 Å². The first-order valence-electron chi connectivity index (χ1n) is 8.16. The van der Waals surface area contributed by atoms with Gasteiger partial charge in [0.1, 0.15) is 0 Å². The number of halogens is 4. The molecule has 2 aromatic rings. The van der Waals surface area contributed by atoms with Gasteiger partial charge in [-0.2, -0.15) is 13.2 Å². The van der Waals surface area contributed by atoms with Gasteiger partial charge in [0.15, 0.2) is 5.13 Å². The van der Waals surface area contributed by atoms with Crippen LogP contribution in [0.15, 0.2) is 34.1 Å². The van der Waals surface area contributed by atoms with Crippen molar-refractivity contribution in [3.05, 3.63) is 34.1 Å². The standard InChI is InChI=1S/C17H16BrF3N2O2S2/c18-12-5-3-11(4-6-12)14-9-26-16(22-14)23(8-13-2-1-7-25-13)15(24)10-27-17(19,20)21/h3-6,9,13H,1-2,7-8,10H2. The molecule has 0 saturated carbocycles. The Bertz CT molecular complexity index is 777. The smallest absolute Gasteiger partial charge is 0.376 e. The van der Waals surface area contributed by atoms with Crippen molar-refractivity contribution in [1.82, 2.24) is 4.98 Å². The van der Waals surface area contributed by atoms with E-state index in [0.717, 1.165) is 22.9 Å². The molecule has 0 aliphatic carbocycles. The van der Waals surface area contributed by atoms with Gasteiger partial charge in [-0.15, -0.1) is 11.3 Å². The lowest BCUT2D eigenvalue weighted by molar-refractivity contribution is -0.116. The number of thioether (sulfide) groups is 1. The first-order chi connectivity index (χ1) is 12.8. The summed E-state index contributed by atoms with van der Waals surface area (Å²) in [5.74, 6) is -1.30. The van der Waals surface area contributed by atoms with Crippen LogP contribution < -0.4 is 4.90 Å². The molecule has 1 amide bonds. The third-order valence-corrected chi connectivity index (χ3v) is 6.04. The maximum absolute atomic E-state index is 12.5. The Kier molecular flexibility index (Phi) is 6.83. The number of thiazole rings is 1. The third-order valence-electron chi connectivity index (χ3n) is 3.93. The molecular formula is C17H16BrF3N2O2S2. The second-order valence-electron chi connectivity index (χ2n) is 5.90. The van der Waals surface area contributed by atoms with Gasteiger partial charge in [0.2, 0.25) is 5.91 Å². The SMILES string of the molecule is O=C(CSC(F)(F)F)N(CC1CCCO1)c1nc(-c2ccc(Br)cc2)cs1. The molecule has 1 fully saturated rings. The molecule has 1 aromatic heterocycles. The Labute approximate surface area is 171 Å². The Balaban J connectivity index is 1.79. The molecule has 3 rings (SSSR count). The molecule has 27 heavy (non-hydrogen) atoms. The van der Waals surface area contributed by atoms with Gasteiger partial charge in [0.25, 0.3) is 0 Å². The zero-order valence-electron chi connectivity index (χ0n) is 14.0. The van der Waals surface area contributed by atoms with Crippen molar-refractivity contribution in [2.24, 2.45) is 0 Å². The van der Waals surface area contributed by atoms with Crippen LogP contribution in [-0.4, -0.2) is 41.4 Å². The Morgan fingerprint density at radius 1 is 1.37 bits per heavy atom. The molecule has 146 valence electrons. The number of carbonyl (C=O) groups is 1. The van der Waals surface area contributed by atoms with Gasteiger partial charge in [0, 0.05) is 22.0 Å². The van der Waals surface area contributed by atoms with Crippen LogP contribution in [0.3, 0.4) is 0 Å². The zero-order valence-corrected chi connectivity index (χ0v) is 17.3. The van der Waals surface area contributed by atoms with E-state index in [1.54, 1.807) is 5.38 Å². The average Bonchev–Trinajstić information content (AvgIpc) is 3.29. The molecule has 1 atom stereocenters. The summed E-state index contributed by atoms with van der Waals surface area (Å²) >= 11 is 4.27. The number of anilines is 1. The van der Waals surface area contributed by atoms with Gasteiger partial charge in [-0.3, -0.25) is 9.69 Å². The third kappa shape index (κ3) is 5.94. The van der Waals surface area contributed by atoms with Gasteiger partial charge in [-0.05, 0) is 36.7 Å². The summed E-state index contributed by atoms with van der Waals surface area (Å²) in [6.07, 6.45) is 1.48. The van der Waals surface area contributed by atoms with Crippen molar-refractivity contribution in [3.63, 3.8) is 0 Å². The molecule has 0 spiro atoms. The summed E-state index contributed by atoms with van der Waals surface area (Å²) in [6.45, 7) is 0.816. The highest BCUT2D eigenvalue weighted by Crippen LogP contribution is 2.33. The molecule has 2 heterocycles. The lowest BCUT2D eigenvalue weighted by Crippen LogP contribution is -2.39. The predicted molar refractivity (Wildman–Crippen MR) is 105 cm³/mol. The zero-order chi connectivity index (χ0) is 19.4. The summed E-state index contributed by atoms with van der Waals surface area (Å²) < 4.78 is 44.0. The van der Waals surface area contributed by atoms with E-state index in [-0.39, 0.29) is 24.4 Å². The molecule has 1 unspecified atom stereocenters. The quantitative estimate of drug-likeness (QED) is 0.559. The number of carbonyl (C=O) groups excluding carboxylic acids is 1. The molecular weight excluding hydrogens is 465 g/mol. The van der Waals surface area contributed by atoms with E-state index < -0.39 is 17.2 Å². The van der Waals surface area contributed by atoms with Crippen LogP contribution in [-0.2, 0) is 9.53 Å². The number of benzene rings is 1. The molecule has 10 heteroatoms. The molecule has 4 nitrogen and oxygen atoms in total. The largest absolute Gasteiger partial charge is 0.442 e. The summed E-state index contributed by atoms with van der Waals surface area (Å²) in [4.78, 5) is 18.3. The van der Waals surface area contributed by atoms with Crippen LogP contribution >= 0.6 is 39.0 Å². The number of amides is 1. The number of alkyl halides is 3. The summed E-state index contributed by atoms with van der Waals surface area (Å²) in [6, 6.07) is 7.52. The summed E-state index contributed by atoms with van der Waals surface area (Å²) in [5.41, 5.74) is -2.90. The van der Waals surface area contributed by atoms with Crippen molar-refractivity contribution in [3.8, 4) is 11.3 Å². The molecule has 1 aliphatic rings. The lowest BCUT2D eigenvalue weighted by Gasteiger charge is -2.23. The van der Waals surface area contributed by atoms with E-state index in [9.17, 15) is 18.0 Å². The summed E-state index contributed by atoms with van der Waals surface area (Å²) in [5, 5.41) is 2.18. The molecule has 0 radical (unpaired) electrons. The van der Waals surface area contributed by atoms with Gasteiger partial charge in [-0.25, -0.2) is 4.98 Å². The minimum Gasteiger partial charge on any atom is -0.376 e. The lowest BCUT2D eigenvalue weighted by atomic mass is 10.2. The Morgan fingerprint density at radius 3 is 2.74 bits per heavy atom. The van der Waals surface area contributed by atoms with Gasteiger partial charge < -0.3 is 4.74 Å². The first-order valence-corrected chi connectivity index (χ1v) is 10.8. The van der Waals surface area contributed by atoms with Crippen LogP contribution in [0.2, 0.25) is 0 Å². The minimum absolute atomic E-state index is 0.176. The number of ether oxygens (including phenoxy) is 1. The van der Waals surface area contributed by atoms with Gasteiger partial charge in [0.05, 0.1) is 24.1 Å². The van der Waals surface area contributed by atoms with E-state index in [4.69, 9.17) is 4.74 Å². The van der Waals surface area contributed by atoms with Crippen LogP contribution in [0, 0.1) is 0 Å². The number of aromatic nitrogens is 1. The number of hydrogen-bond acceptors (Lipinski definition) is 5. The van der Waals surface area contributed by atoms with Crippen molar-refractivity contribution >= 4 is 50.1 Å². The second kappa shape index (κ2) is 8.93. The fourth-order valence-corrected chi connectivity index (χ4v) is 4.21. The normalized spacial score (nSPS) is 17.3. The maximum Gasteiger partial charge on any atom is 0.442 e. The van der Waals surface area contributed by atoms with Crippen molar-refractivity contribution in [2.45, 2.75) is 24.5 Å². The number of nitrogens with zero attached hydrogens (tertiary/aromatic N) is 2. The highest BCUT2D eigenvalue weighted by Gasteiger charge is 2.32. The molecule has 1 aromatic carbocycles. The topological polar surface area (TPSA) is 42.4 Å².